The summed E-state index contributed by atoms with van der Waals surface area (Å²) in [7, 11) is 0. The third-order valence-corrected chi connectivity index (χ3v) is 2.81. The van der Waals surface area contributed by atoms with Gasteiger partial charge in [0.05, 0.1) is 12.1 Å². The number of benzene rings is 1. The lowest BCUT2D eigenvalue weighted by atomic mass is 10.1. The predicted molar refractivity (Wildman–Crippen MR) is 78.8 cm³/mol. The van der Waals surface area contributed by atoms with Crippen molar-refractivity contribution in [1.29, 1.82) is 0 Å². The molecule has 0 unspecified atom stereocenters. The molecule has 4 heteroatoms. The number of carbonyl (C=O) groups is 1. The topological polar surface area (TPSA) is 46.3 Å². The molecule has 0 bridgehead atoms. The van der Waals surface area contributed by atoms with Crippen molar-refractivity contribution < 1.29 is 9.18 Å². The summed E-state index contributed by atoms with van der Waals surface area (Å²) in [6, 6.07) is 4.09. The number of amides is 1. The monoisotopic (exact) mass is 276 g/mol. The molecule has 0 heterocycles. The minimum atomic E-state index is -0.431. The number of nitrogens with zero attached hydrogens (tertiary/aromatic N) is 1. The van der Waals surface area contributed by atoms with Gasteiger partial charge in [-0.15, -0.1) is 0 Å². The molecule has 3 nitrogen and oxygen atoms in total. The van der Waals surface area contributed by atoms with E-state index in [1.165, 1.54) is 18.2 Å². The number of hydrogen-bond acceptors (Lipinski definition) is 2. The van der Waals surface area contributed by atoms with Gasteiger partial charge in [0, 0.05) is 18.7 Å². The molecule has 20 heavy (non-hydrogen) atoms. The van der Waals surface area contributed by atoms with Gasteiger partial charge in [0.1, 0.15) is 5.82 Å². The highest BCUT2D eigenvalue weighted by molar-refractivity contribution is 5.96. The van der Waals surface area contributed by atoms with E-state index in [4.69, 9.17) is 5.73 Å². The van der Waals surface area contributed by atoms with Crippen molar-refractivity contribution in [2.75, 3.05) is 19.6 Å². The fourth-order valence-electron chi connectivity index (χ4n) is 1.97. The Bertz CT molecular complexity index is 511. The van der Waals surface area contributed by atoms with Gasteiger partial charge >= 0.3 is 0 Å². The molecule has 0 aliphatic rings. The minimum absolute atomic E-state index is 0.172. The van der Waals surface area contributed by atoms with Gasteiger partial charge < -0.3 is 10.6 Å². The fourth-order valence-corrected chi connectivity index (χ4v) is 1.97. The van der Waals surface area contributed by atoms with E-state index in [2.05, 4.69) is 11.8 Å². The smallest absolute Gasteiger partial charge is 0.255 e. The summed E-state index contributed by atoms with van der Waals surface area (Å²) in [4.78, 5) is 14.3. The molecule has 2 N–H and O–H groups in total. The first kappa shape index (κ1) is 16.2. The molecule has 1 amide bonds. The van der Waals surface area contributed by atoms with Crippen molar-refractivity contribution in [2.24, 2.45) is 5.73 Å². The Morgan fingerprint density at radius 3 is 2.50 bits per heavy atom. The van der Waals surface area contributed by atoms with Crippen molar-refractivity contribution >= 4 is 5.91 Å². The Labute approximate surface area is 120 Å². The van der Waals surface area contributed by atoms with Crippen molar-refractivity contribution in [2.45, 2.75) is 26.7 Å². The zero-order chi connectivity index (χ0) is 15.0. The highest BCUT2D eigenvalue weighted by Crippen LogP contribution is 2.14. The van der Waals surface area contributed by atoms with Crippen LogP contribution in [-0.2, 0) is 0 Å². The second-order valence-corrected chi connectivity index (χ2v) is 4.49. The number of hydrogen-bond donors (Lipinski definition) is 1. The van der Waals surface area contributed by atoms with Gasteiger partial charge in [0.25, 0.3) is 5.91 Å². The summed E-state index contributed by atoms with van der Waals surface area (Å²) in [5, 5.41) is 0. The van der Waals surface area contributed by atoms with Crippen molar-refractivity contribution in [3.8, 4) is 11.8 Å². The van der Waals surface area contributed by atoms with Gasteiger partial charge in [0.2, 0.25) is 0 Å². The first-order valence-electron chi connectivity index (χ1n) is 6.91. The zero-order valence-corrected chi connectivity index (χ0v) is 12.1. The van der Waals surface area contributed by atoms with E-state index in [0.717, 1.165) is 12.8 Å². The quantitative estimate of drug-likeness (QED) is 0.839. The van der Waals surface area contributed by atoms with Crippen LogP contribution in [0.3, 0.4) is 0 Å². The first-order valence-corrected chi connectivity index (χ1v) is 6.91. The lowest BCUT2D eigenvalue weighted by Crippen LogP contribution is -2.33. The fraction of sp³-hybridized carbons (Fsp3) is 0.438. The van der Waals surface area contributed by atoms with E-state index in [1.807, 2.05) is 13.8 Å². The van der Waals surface area contributed by atoms with Crippen molar-refractivity contribution in [3.05, 3.63) is 35.1 Å². The van der Waals surface area contributed by atoms with Crippen LogP contribution in [0, 0.1) is 17.7 Å². The standard InChI is InChI=1S/C16H21FN2O/c1-3-10-19(11-4-2)16(20)15-12-14(17)8-7-13(15)6-5-9-18/h7-8,12H,3-4,9-11,18H2,1-2H3. The van der Waals surface area contributed by atoms with E-state index in [1.54, 1.807) is 4.90 Å². The molecular weight excluding hydrogens is 255 g/mol. The molecule has 0 atom stereocenters. The van der Waals surface area contributed by atoms with Gasteiger partial charge in [-0.25, -0.2) is 4.39 Å². The highest BCUT2D eigenvalue weighted by Gasteiger charge is 2.17. The Morgan fingerprint density at radius 2 is 1.95 bits per heavy atom. The molecule has 0 saturated heterocycles. The zero-order valence-electron chi connectivity index (χ0n) is 12.1. The minimum Gasteiger partial charge on any atom is -0.339 e. The highest BCUT2D eigenvalue weighted by atomic mass is 19.1. The van der Waals surface area contributed by atoms with Crippen molar-refractivity contribution in [3.63, 3.8) is 0 Å². The third kappa shape index (κ3) is 4.36. The van der Waals surface area contributed by atoms with Crippen LogP contribution in [0.25, 0.3) is 0 Å². The van der Waals surface area contributed by atoms with Gasteiger partial charge in [0.15, 0.2) is 0 Å². The number of carbonyl (C=O) groups excluding carboxylic acids is 1. The van der Waals surface area contributed by atoms with E-state index in [0.29, 0.717) is 24.2 Å². The largest absolute Gasteiger partial charge is 0.339 e. The molecular formula is C16H21FN2O. The van der Waals surface area contributed by atoms with Crippen LogP contribution in [0.15, 0.2) is 18.2 Å². The Morgan fingerprint density at radius 1 is 1.30 bits per heavy atom. The second kappa shape index (κ2) is 8.34. The molecule has 0 aromatic heterocycles. The normalized spacial score (nSPS) is 9.80. The Hall–Kier alpha value is -1.86. The third-order valence-electron chi connectivity index (χ3n) is 2.81. The molecule has 1 rings (SSSR count). The molecule has 0 saturated carbocycles. The van der Waals surface area contributed by atoms with E-state index >= 15 is 0 Å². The van der Waals surface area contributed by atoms with Crippen molar-refractivity contribution in [1.82, 2.24) is 4.90 Å². The van der Waals surface area contributed by atoms with Gasteiger partial charge in [-0.3, -0.25) is 4.79 Å². The first-order chi connectivity index (χ1) is 9.63. The van der Waals surface area contributed by atoms with Gasteiger partial charge in [-0.2, -0.15) is 0 Å². The van der Waals surface area contributed by atoms with Crippen LogP contribution in [0.5, 0.6) is 0 Å². The maximum absolute atomic E-state index is 13.4. The molecule has 0 spiro atoms. The van der Waals surface area contributed by atoms with Crippen LogP contribution in [0.1, 0.15) is 42.6 Å². The summed E-state index contributed by atoms with van der Waals surface area (Å²) >= 11 is 0. The number of halogens is 1. The maximum Gasteiger partial charge on any atom is 0.255 e. The second-order valence-electron chi connectivity index (χ2n) is 4.49. The molecule has 0 aliphatic heterocycles. The molecule has 0 aliphatic carbocycles. The molecule has 1 aromatic rings. The van der Waals surface area contributed by atoms with Crippen LogP contribution < -0.4 is 5.73 Å². The molecule has 1 aromatic carbocycles. The average Bonchev–Trinajstić information content (AvgIpc) is 2.45. The van der Waals surface area contributed by atoms with Crippen LogP contribution >= 0.6 is 0 Å². The average molecular weight is 276 g/mol. The summed E-state index contributed by atoms with van der Waals surface area (Å²) in [6.07, 6.45) is 1.73. The summed E-state index contributed by atoms with van der Waals surface area (Å²) in [5.74, 6) is 4.94. The summed E-state index contributed by atoms with van der Waals surface area (Å²) in [5.41, 5.74) is 6.18. The van der Waals surface area contributed by atoms with E-state index in [9.17, 15) is 9.18 Å². The SMILES string of the molecule is CCCN(CCC)C(=O)c1cc(F)ccc1C#CCN. The summed E-state index contributed by atoms with van der Waals surface area (Å²) < 4.78 is 13.4. The summed E-state index contributed by atoms with van der Waals surface area (Å²) in [6.45, 7) is 5.55. The van der Waals surface area contributed by atoms with Crippen LogP contribution in [0.2, 0.25) is 0 Å². The molecule has 0 radical (unpaired) electrons. The lowest BCUT2D eigenvalue weighted by molar-refractivity contribution is 0.0755. The van der Waals surface area contributed by atoms with Gasteiger partial charge in [-0.05, 0) is 31.0 Å². The van der Waals surface area contributed by atoms with Crippen LogP contribution in [0.4, 0.5) is 4.39 Å². The Balaban J connectivity index is 3.14. The Kier molecular flexibility index (Phi) is 6.75. The van der Waals surface area contributed by atoms with E-state index in [-0.39, 0.29) is 12.5 Å². The number of rotatable bonds is 5. The number of nitrogens with two attached hydrogens (primary N) is 1. The van der Waals surface area contributed by atoms with Gasteiger partial charge in [-0.1, -0.05) is 25.7 Å². The molecule has 108 valence electrons. The predicted octanol–water partition coefficient (Wildman–Crippen LogP) is 2.40. The van der Waals surface area contributed by atoms with E-state index < -0.39 is 5.82 Å². The maximum atomic E-state index is 13.4. The lowest BCUT2D eigenvalue weighted by Gasteiger charge is -2.22. The van der Waals surface area contributed by atoms with Crippen LogP contribution in [-0.4, -0.2) is 30.4 Å². The molecule has 0 fully saturated rings.